The third-order valence-electron chi connectivity index (χ3n) is 2.60. The van der Waals surface area contributed by atoms with Crippen molar-refractivity contribution in [3.8, 4) is 5.75 Å². The second-order valence-corrected chi connectivity index (χ2v) is 4.54. The molecule has 1 rings (SSSR count). The van der Waals surface area contributed by atoms with Crippen molar-refractivity contribution in [2.24, 2.45) is 0 Å². The Labute approximate surface area is 104 Å². The Morgan fingerprint density at radius 1 is 1.35 bits per heavy atom. The quantitative estimate of drug-likeness (QED) is 0.798. The topological polar surface area (TPSA) is 41.5 Å². The molecule has 0 aliphatic rings. The maximum absolute atomic E-state index is 10.0. The summed E-state index contributed by atoms with van der Waals surface area (Å²) in [6.45, 7) is 9.33. The van der Waals surface area contributed by atoms with Gasteiger partial charge in [0.2, 0.25) is 0 Å². The molecule has 0 aromatic heterocycles. The molecule has 0 amide bonds. The van der Waals surface area contributed by atoms with Crippen LogP contribution in [0.2, 0.25) is 0 Å². The van der Waals surface area contributed by atoms with Crippen molar-refractivity contribution in [2.75, 3.05) is 13.2 Å². The fraction of sp³-hybridized carbons (Fsp3) is 0.571. The van der Waals surface area contributed by atoms with E-state index >= 15 is 0 Å². The van der Waals surface area contributed by atoms with Gasteiger partial charge < -0.3 is 15.2 Å². The van der Waals surface area contributed by atoms with E-state index in [1.165, 1.54) is 0 Å². The van der Waals surface area contributed by atoms with Gasteiger partial charge in [0.05, 0.1) is 12.7 Å². The normalized spacial score (nSPS) is 12.8. The highest BCUT2D eigenvalue weighted by molar-refractivity contribution is 5.37. The highest BCUT2D eigenvalue weighted by Gasteiger charge is 2.09. The van der Waals surface area contributed by atoms with Crippen molar-refractivity contribution < 1.29 is 9.84 Å². The van der Waals surface area contributed by atoms with Crippen LogP contribution in [0.4, 0.5) is 0 Å². The van der Waals surface area contributed by atoms with Crippen molar-refractivity contribution in [3.05, 3.63) is 29.3 Å². The van der Waals surface area contributed by atoms with Gasteiger partial charge in [-0.25, -0.2) is 0 Å². The van der Waals surface area contributed by atoms with Crippen molar-refractivity contribution in [2.45, 2.75) is 39.8 Å². The van der Waals surface area contributed by atoms with Gasteiger partial charge in [0.1, 0.15) is 5.75 Å². The van der Waals surface area contributed by atoms with Crippen LogP contribution in [0, 0.1) is 6.92 Å². The van der Waals surface area contributed by atoms with Crippen molar-refractivity contribution in [1.82, 2.24) is 5.32 Å². The fourth-order valence-corrected chi connectivity index (χ4v) is 1.66. The van der Waals surface area contributed by atoms with E-state index in [2.05, 4.69) is 19.2 Å². The molecule has 0 aliphatic carbocycles. The molecule has 0 heterocycles. The lowest BCUT2D eigenvalue weighted by Gasteiger charge is -2.16. The number of aryl methyl sites for hydroxylation is 1. The Bertz CT molecular complexity index is 350. The molecule has 1 atom stereocenters. The predicted molar refractivity (Wildman–Crippen MR) is 70.4 cm³/mol. The van der Waals surface area contributed by atoms with Crippen LogP contribution in [0.3, 0.4) is 0 Å². The monoisotopic (exact) mass is 237 g/mol. The zero-order chi connectivity index (χ0) is 12.8. The number of benzene rings is 1. The number of ether oxygens (including phenoxy) is 1. The van der Waals surface area contributed by atoms with Gasteiger partial charge in [-0.1, -0.05) is 19.9 Å². The van der Waals surface area contributed by atoms with Gasteiger partial charge >= 0.3 is 0 Å². The van der Waals surface area contributed by atoms with E-state index < -0.39 is 6.10 Å². The predicted octanol–water partition coefficient (Wildman–Crippen LogP) is 2.43. The molecule has 17 heavy (non-hydrogen) atoms. The van der Waals surface area contributed by atoms with Crippen LogP contribution < -0.4 is 10.1 Å². The first-order valence-electron chi connectivity index (χ1n) is 6.19. The fourth-order valence-electron chi connectivity index (χ4n) is 1.66. The smallest absolute Gasteiger partial charge is 0.122 e. The Morgan fingerprint density at radius 3 is 2.59 bits per heavy atom. The molecular formula is C14H23NO2. The van der Waals surface area contributed by atoms with Crippen LogP contribution in [0.5, 0.6) is 5.75 Å². The molecular weight excluding hydrogens is 214 g/mol. The molecule has 1 aromatic carbocycles. The number of aliphatic hydroxyl groups excluding tert-OH is 1. The highest BCUT2D eigenvalue weighted by atomic mass is 16.5. The SMILES string of the molecule is CCOc1ccc(C(O)CNC(C)C)cc1C. The highest BCUT2D eigenvalue weighted by Crippen LogP contribution is 2.22. The minimum atomic E-state index is -0.466. The van der Waals surface area contributed by atoms with Gasteiger partial charge in [-0.05, 0) is 37.1 Å². The summed E-state index contributed by atoms with van der Waals surface area (Å²) in [5.74, 6) is 0.889. The van der Waals surface area contributed by atoms with Crippen LogP contribution in [-0.2, 0) is 0 Å². The van der Waals surface area contributed by atoms with E-state index in [4.69, 9.17) is 4.74 Å². The standard InChI is InChI=1S/C14H23NO2/c1-5-17-14-7-6-12(8-11(14)4)13(16)9-15-10(2)3/h6-8,10,13,15-16H,5,9H2,1-4H3. The van der Waals surface area contributed by atoms with E-state index in [0.29, 0.717) is 19.2 Å². The number of aliphatic hydroxyl groups is 1. The molecule has 0 bridgehead atoms. The average molecular weight is 237 g/mol. The van der Waals surface area contributed by atoms with Gasteiger partial charge in [-0.3, -0.25) is 0 Å². The first kappa shape index (κ1) is 14.0. The van der Waals surface area contributed by atoms with Crippen LogP contribution in [0.25, 0.3) is 0 Å². The summed E-state index contributed by atoms with van der Waals surface area (Å²) in [7, 11) is 0. The number of hydrogen-bond donors (Lipinski definition) is 2. The lowest BCUT2D eigenvalue weighted by Crippen LogP contribution is -2.27. The Hall–Kier alpha value is -1.06. The van der Waals surface area contributed by atoms with E-state index in [-0.39, 0.29) is 0 Å². The van der Waals surface area contributed by atoms with Gasteiger partial charge in [0, 0.05) is 12.6 Å². The van der Waals surface area contributed by atoms with Crippen LogP contribution >= 0.6 is 0 Å². The number of rotatable bonds is 6. The summed E-state index contributed by atoms with van der Waals surface area (Å²) < 4.78 is 5.47. The van der Waals surface area contributed by atoms with Crippen molar-refractivity contribution in [3.63, 3.8) is 0 Å². The Kier molecular flexibility index (Phi) is 5.45. The third kappa shape index (κ3) is 4.36. The molecule has 96 valence electrons. The maximum atomic E-state index is 10.0. The zero-order valence-electron chi connectivity index (χ0n) is 11.2. The summed E-state index contributed by atoms with van der Waals surface area (Å²) in [5, 5.41) is 13.2. The molecule has 2 N–H and O–H groups in total. The summed E-state index contributed by atoms with van der Waals surface area (Å²) in [6.07, 6.45) is -0.466. The third-order valence-corrected chi connectivity index (χ3v) is 2.60. The molecule has 1 aromatic rings. The lowest BCUT2D eigenvalue weighted by atomic mass is 10.1. The van der Waals surface area contributed by atoms with Gasteiger partial charge in [0.15, 0.2) is 0 Å². The molecule has 1 unspecified atom stereocenters. The van der Waals surface area contributed by atoms with E-state index in [9.17, 15) is 5.11 Å². The Morgan fingerprint density at radius 2 is 2.06 bits per heavy atom. The first-order chi connectivity index (χ1) is 8.04. The molecule has 0 spiro atoms. The molecule has 0 saturated carbocycles. The second kappa shape index (κ2) is 6.62. The minimum absolute atomic E-state index is 0.383. The van der Waals surface area contributed by atoms with Crippen LogP contribution in [-0.4, -0.2) is 24.3 Å². The van der Waals surface area contributed by atoms with Crippen LogP contribution in [0.15, 0.2) is 18.2 Å². The van der Waals surface area contributed by atoms with Gasteiger partial charge in [-0.2, -0.15) is 0 Å². The first-order valence-corrected chi connectivity index (χ1v) is 6.19. The molecule has 0 fully saturated rings. The molecule has 3 heteroatoms. The largest absolute Gasteiger partial charge is 0.494 e. The minimum Gasteiger partial charge on any atom is -0.494 e. The molecule has 0 radical (unpaired) electrons. The summed E-state index contributed by atoms with van der Waals surface area (Å²) >= 11 is 0. The maximum Gasteiger partial charge on any atom is 0.122 e. The molecule has 0 aliphatic heterocycles. The van der Waals surface area contributed by atoms with Crippen molar-refractivity contribution >= 4 is 0 Å². The molecule has 3 nitrogen and oxygen atoms in total. The van der Waals surface area contributed by atoms with E-state index in [1.807, 2.05) is 32.0 Å². The summed E-state index contributed by atoms with van der Waals surface area (Å²) in [4.78, 5) is 0. The van der Waals surface area contributed by atoms with Gasteiger partial charge in [0.25, 0.3) is 0 Å². The lowest BCUT2D eigenvalue weighted by molar-refractivity contribution is 0.171. The Balaban J connectivity index is 2.68. The van der Waals surface area contributed by atoms with E-state index in [1.54, 1.807) is 0 Å². The summed E-state index contributed by atoms with van der Waals surface area (Å²) in [6, 6.07) is 6.21. The second-order valence-electron chi connectivity index (χ2n) is 4.54. The average Bonchev–Trinajstić information content (AvgIpc) is 2.28. The summed E-state index contributed by atoms with van der Waals surface area (Å²) in [5.41, 5.74) is 1.99. The number of hydrogen-bond acceptors (Lipinski definition) is 3. The molecule has 0 saturated heterocycles. The van der Waals surface area contributed by atoms with E-state index in [0.717, 1.165) is 16.9 Å². The zero-order valence-corrected chi connectivity index (χ0v) is 11.2. The van der Waals surface area contributed by atoms with Crippen molar-refractivity contribution in [1.29, 1.82) is 0 Å². The van der Waals surface area contributed by atoms with Gasteiger partial charge in [-0.15, -0.1) is 0 Å². The van der Waals surface area contributed by atoms with Crippen LogP contribution in [0.1, 0.15) is 38.0 Å². The number of nitrogens with one attached hydrogen (secondary N) is 1.